The molecule has 0 bridgehead atoms. The number of hydrogen-bond donors (Lipinski definition) is 0. The van der Waals surface area contributed by atoms with E-state index in [1.807, 2.05) is 0 Å². The highest BCUT2D eigenvalue weighted by atomic mass is 79.9. The second-order valence-corrected chi connectivity index (χ2v) is 5.91. The molecule has 6 nitrogen and oxygen atoms in total. The van der Waals surface area contributed by atoms with Crippen molar-refractivity contribution in [2.75, 3.05) is 13.7 Å². The minimum Gasteiger partial charge on any atom is -0.477 e. The lowest BCUT2D eigenvalue weighted by Crippen LogP contribution is -2.31. The first kappa shape index (κ1) is 17.9. The molecule has 0 radical (unpaired) electrons. The van der Waals surface area contributed by atoms with Gasteiger partial charge in [-0.3, -0.25) is 14.9 Å². The number of para-hydroxylation sites is 2. The SMILES string of the molecule is CN(Cc1cc(Br)ccc1F)C(=O)COc1ccccc1[N+](=O)[O-]. The van der Waals surface area contributed by atoms with Crippen molar-refractivity contribution in [1.82, 2.24) is 4.90 Å². The Hall–Kier alpha value is -2.48. The number of halogens is 2. The van der Waals surface area contributed by atoms with Gasteiger partial charge in [-0.25, -0.2) is 4.39 Å². The second-order valence-electron chi connectivity index (χ2n) is 5.00. The quantitative estimate of drug-likeness (QED) is 0.552. The van der Waals surface area contributed by atoms with Gasteiger partial charge in [0.2, 0.25) is 0 Å². The van der Waals surface area contributed by atoms with E-state index in [0.717, 1.165) is 0 Å². The Bertz CT molecular complexity index is 769. The lowest BCUT2D eigenvalue weighted by Gasteiger charge is -2.18. The van der Waals surface area contributed by atoms with Crippen molar-refractivity contribution < 1.29 is 18.8 Å². The third-order valence-corrected chi connectivity index (χ3v) is 3.75. The van der Waals surface area contributed by atoms with Crippen LogP contribution < -0.4 is 4.74 Å². The van der Waals surface area contributed by atoms with Gasteiger partial charge in [0.15, 0.2) is 12.4 Å². The largest absolute Gasteiger partial charge is 0.477 e. The average molecular weight is 397 g/mol. The number of hydrogen-bond acceptors (Lipinski definition) is 4. The van der Waals surface area contributed by atoms with Crippen molar-refractivity contribution in [1.29, 1.82) is 0 Å². The molecule has 0 unspecified atom stereocenters. The Morgan fingerprint density at radius 3 is 2.75 bits per heavy atom. The molecule has 1 amide bonds. The van der Waals surface area contributed by atoms with Crippen LogP contribution in [-0.4, -0.2) is 29.4 Å². The lowest BCUT2D eigenvalue weighted by molar-refractivity contribution is -0.385. The highest BCUT2D eigenvalue weighted by molar-refractivity contribution is 9.10. The molecular weight excluding hydrogens is 383 g/mol. The molecule has 0 spiro atoms. The number of rotatable bonds is 6. The monoisotopic (exact) mass is 396 g/mol. The lowest BCUT2D eigenvalue weighted by atomic mass is 10.2. The van der Waals surface area contributed by atoms with Crippen molar-refractivity contribution in [2.45, 2.75) is 6.54 Å². The van der Waals surface area contributed by atoms with E-state index in [1.54, 1.807) is 18.2 Å². The average Bonchev–Trinajstić information content (AvgIpc) is 2.56. The molecule has 8 heteroatoms. The Labute approximate surface area is 146 Å². The van der Waals surface area contributed by atoms with Crippen LogP contribution in [-0.2, 0) is 11.3 Å². The van der Waals surface area contributed by atoms with Crippen molar-refractivity contribution >= 4 is 27.5 Å². The first-order valence-electron chi connectivity index (χ1n) is 6.92. The van der Waals surface area contributed by atoms with E-state index in [2.05, 4.69) is 15.9 Å². The van der Waals surface area contributed by atoms with E-state index >= 15 is 0 Å². The van der Waals surface area contributed by atoms with Crippen LogP contribution >= 0.6 is 15.9 Å². The maximum atomic E-state index is 13.7. The molecule has 0 aliphatic rings. The van der Waals surface area contributed by atoms with Gasteiger partial charge in [-0.15, -0.1) is 0 Å². The van der Waals surface area contributed by atoms with Gasteiger partial charge in [-0.05, 0) is 24.3 Å². The van der Waals surface area contributed by atoms with Gasteiger partial charge in [0, 0.05) is 29.7 Å². The van der Waals surface area contributed by atoms with E-state index in [9.17, 15) is 19.3 Å². The van der Waals surface area contributed by atoms with E-state index < -0.39 is 16.6 Å². The molecule has 0 aliphatic heterocycles. The van der Waals surface area contributed by atoms with E-state index in [0.29, 0.717) is 10.0 Å². The third kappa shape index (κ3) is 4.51. The van der Waals surface area contributed by atoms with Gasteiger partial charge in [-0.1, -0.05) is 28.1 Å². The van der Waals surface area contributed by atoms with Crippen molar-refractivity contribution in [3.05, 3.63) is 68.4 Å². The van der Waals surface area contributed by atoms with Crippen LogP contribution in [0.1, 0.15) is 5.56 Å². The third-order valence-electron chi connectivity index (χ3n) is 3.25. The summed E-state index contributed by atoms with van der Waals surface area (Å²) in [5.41, 5.74) is 0.136. The van der Waals surface area contributed by atoms with E-state index in [4.69, 9.17) is 4.74 Å². The summed E-state index contributed by atoms with van der Waals surface area (Å²) in [7, 11) is 1.51. The van der Waals surface area contributed by atoms with Crippen LogP contribution in [0.15, 0.2) is 46.9 Å². The summed E-state index contributed by atoms with van der Waals surface area (Å²) in [5, 5.41) is 10.9. The topological polar surface area (TPSA) is 72.7 Å². The highest BCUT2D eigenvalue weighted by Gasteiger charge is 2.17. The van der Waals surface area contributed by atoms with Crippen LogP contribution in [0, 0.1) is 15.9 Å². The number of amides is 1. The fourth-order valence-corrected chi connectivity index (χ4v) is 2.40. The molecule has 2 aromatic carbocycles. The predicted octanol–water partition coefficient (Wildman–Crippen LogP) is 3.53. The fourth-order valence-electron chi connectivity index (χ4n) is 1.99. The first-order chi connectivity index (χ1) is 11.4. The summed E-state index contributed by atoms with van der Waals surface area (Å²) in [6, 6.07) is 10.3. The van der Waals surface area contributed by atoms with Gasteiger partial charge in [0.1, 0.15) is 5.82 Å². The normalized spacial score (nSPS) is 10.3. The molecular formula is C16H14BrFN2O4. The number of nitro benzene ring substituents is 1. The number of nitrogens with zero attached hydrogens (tertiary/aromatic N) is 2. The zero-order valence-electron chi connectivity index (χ0n) is 12.7. The summed E-state index contributed by atoms with van der Waals surface area (Å²) >= 11 is 3.25. The van der Waals surface area contributed by atoms with E-state index in [-0.39, 0.29) is 24.6 Å². The van der Waals surface area contributed by atoms with Crippen LogP contribution in [0.3, 0.4) is 0 Å². The molecule has 0 N–H and O–H groups in total. The molecule has 0 saturated carbocycles. The van der Waals surface area contributed by atoms with Gasteiger partial charge in [0.25, 0.3) is 5.91 Å². The Morgan fingerprint density at radius 2 is 2.04 bits per heavy atom. The summed E-state index contributed by atoms with van der Waals surface area (Å²) in [4.78, 5) is 23.7. The molecule has 2 rings (SSSR count). The van der Waals surface area contributed by atoms with Gasteiger partial charge in [-0.2, -0.15) is 0 Å². The number of carbonyl (C=O) groups is 1. The number of likely N-dealkylation sites (N-methyl/N-ethyl adjacent to an activating group) is 1. The Kier molecular flexibility index (Phi) is 5.86. The molecule has 0 aliphatic carbocycles. The zero-order chi connectivity index (χ0) is 17.7. The maximum Gasteiger partial charge on any atom is 0.310 e. The molecule has 2 aromatic rings. The van der Waals surface area contributed by atoms with Crippen molar-refractivity contribution in [3.8, 4) is 5.75 Å². The fraction of sp³-hybridized carbons (Fsp3) is 0.188. The molecule has 0 atom stereocenters. The summed E-state index contributed by atoms with van der Waals surface area (Å²) in [5.74, 6) is -0.831. The summed E-state index contributed by atoms with van der Waals surface area (Å²) in [6.45, 7) is -0.318. The minimum atomic E-state index is -0.583. The Morgan fingerprint density at radius 1 is 1.33 bits per heavy atom. The summed E-state index contributed by atoms with van der Waals surface area (Å²) in [6.07, 6.45) is 0. The Balaban J connectivity index is 2.00. The van der Waals surface area contributed by atoms with E-state index in [1.165, 1.54) is 36.2 Å². The zero-order valence-corrected chi connectivity index (χ0v) is 14.3. The van der Waals surface area contributed by atoms with Crippen LogP contribution in [0.5, 0.6) is 5.75 Å². The second kappa shape index (κ2) is 7.87. The van der Waals surface area contributed by atoms with Crippen LogP contribution in [0.25, 0.3) is 0 Å². The van der Waals surface area contributed by atoms with Crippen LogP contribution in [0.4, 0.5) is 10.1 Å². The summed E-state index contributed by atoms with van der Waals surface area (Å²) < 4.78 is 19.7. The molecule has 0 heterocycles. The van der Waals surface area contributed by atoms with Gasteiger partial charge < -0.3 is 9.64 Å². The smallest absolute Gasteiger partial charge is 0.310 e. The number of benzene rings is 2. The first-order valence-corrected chi connectivity index (χ1v) is 7.72. The molecule has 24 heavy (non-hydrogen) atoms. The van der Waals surface area contributed by atoms with Crippen molar-refractivity contribution in [2.24, 2.45) is 0 Å². The van der Waals surface area contributed by atoms with Gasteiger partial charge in [0.05, 0.1) is 4.92 Å². The standard InChI is InChI=1S/C16H14BrFN2O4/c1-19(9-11-8-12(17)6-7-13(11)18)16(21)10-24-15-5-3-2-4-14(15)20(22)23/h2-8H,9-10H2,1H3. The minimum absolute atomic E-state index is 0.0119. The van der Waals surface area contributed by atoms with Crippen LogP contribution in [0.2, 0.25) is 0 Å². The predicted molar refractivity (Wildman–Crippen MR) is 89.2 cm³/mol. The highest BCUT2D eigenvalue weighted by Crippen LogP contribution is 2.25. The number of ether oxygens (including phenoxy) is 1. The number of carbonyl (C=O) groups excluding carboxylic acids is 1. The van der Waals surface area contributed by atoms with Gasteiger partial charge >= 0.3 is 5.69 Å². The van der Waals surface area contributed by atoms with Crippen molar-refractivity contribution in [3.63, 3.8) is 0 Å². The molecule has 0 fully saturated rings. The maximum absolute atomic E-state index is 13.7. The molecule has 0 aromatic heterocycles. The number of nitro groups is 1. The molecule has 0 saturated heterocycles. The molecule has 126 valence electrons.